The summed E-state index contributed by atoms with van der Waals surface area (Å²) >= 11 is 0. The lowest BCUT2D eigenvalue weighted by atomic mass is 10.1. The van der Waals surface area contributed by atoms with Crippen LogP contribution in [-0.4, -0.2) is 70.0 Å². The average Bonchev–Trinajstić information content (AvgIpc) is 2.65. The van der Waals surface area contributed by atoms with Crippen LogP contribution in [0.4, 0.5) is 13.2 Å². The average molecular weight is 389 g/mol. The number of rotatable bonds is 9. The van der Waals surface area contributed by atoms with Gasteiger partial charge in [-0.15, -0.1) is 0 Å². The van der Waals surface area contributed by atoms with Crippen molar-refractivity contribution in [3.8, 4) is 11.5 Å². The van der Waals surface area contributed by atoms with Crippen molar-refractivity contribution in [2.24, 2.45) is 0 Å². The van der Waals surface area contributed by atoms with E-state index >= 15 is 0 Å². The third-order valence-corrected chi connectivity index (χ3v) is 4.22. The molecule has 1 aromatic carbocycles. The van der Waals surface area contributed by atoms with Crippen LogP contribution in [0.1, 0.15) is 12.0 Å². The molecule has 1 amide bonds. The number of nitrogens with one attached hydrogen (secondary N) is 2. The van der Waals surface area contributed by atoms with Gasteiger partial charge >= 0.3 is 6.18 Å². The number of aryl methyl sites for hydroxylation is 1. The van der Waals surface area contributed by atoms with E-state index in [0.29, 0.717) is 19.4 Å². The molecule has 1 saturated heterocycles. The van der Waals surface area contributed by atoms with E-state index in [1.807, 2.05) is 0 Å². The number of methoxy groups -OCH3 is 1. The first-order chi connectivity index (χ1) is 12.9. The molecule has 0 atom stereocenters. The highest BCUT2D eigenvalue weighted by atomic mass is 19.4. The second-order valence-corrected chi connectivity index (χ2v) is 6.33. The summed E-state index contributed by atoms with van der Waals surface area (Å²) in [6.45, 7) is 3.96. The summed E-state index contributed by atoms with van der Waals surface area (Å²) in [5, 5.41) is 6.17. The van der Waals surface area contributed by atoms with Crippen molar-refractivity contribution >= 4 is 5.91 Å². The van der Waals surface area contributed by atoms with Crippen LogP contribution in [0.3, 0.4) is 0 Å². The molecule has 2 rings (SSSR count). The molecule has 0 unspecified atom stereocenters. The third kappa shape index (κ3) is 8.04. The van der Waals surface area contributed by atoms with Gasteiger partial charge in [0.15, 0.2) is 18.1 Å². The SMILES string of the molecule is COc1cc(CCC(=O)NCCN2CCNCC2)ccc1OCC(F)(F)F. The van der Waals surface area contributed by atoms with Gasteiger partial charge < -0.3 is 20.1 Å². The number of carbonyl (C=O) groups excluding carboxylic acids is 1. The molecule has 27 heavy (non-hydrogen) atoms. The minimum atomic E-state index is -4.41. The maximum atomic E-state index is 12.3. The Hall–Kier alpha value is -2.00. The second-order valence-electron chi connectivity index (χ2n) is 6.33. The molecule has 1 aromatic rings. The van der Waals surface area contributed by atoms with Gasteiger partial charge in [-0.3, -0.25) is 9.69 Å². The molecule has 0 radical (unpaired) electrons. The Morgan fingerprint density at radius 2 is 2.00 bits per heavy atom. The van der Waals surface area contributed by atoms with Gasteiger partial charge in [-0.1, -0.05) is 6.07 Å². The number of piperazine rings is 1. The lowest BCUT2D eigenvalue weighted by molar-refractivity contribution is -0.153. The van der Waals surface area contributed by atoms with Crippen molar-refractivity contribution < 1.29 is 27.4 Å². The Labute approximate surface area is 157 Å². The van der Waals surface area contributed by atoms with E-state index < -0.39 is 12.8 Å². The predicted molar refractivity (Wildman–Crippen MR) is 95.2 cm³/mol. The molecule has 1 heterocycles. The van der Waals surface area contributed by atoms with Gasteiger partial charge in [0, 0.05) is 45.7 Å². The minimum absolute atomic E-state index is 0.0269. The van der Waals surface area contributed by atoms with E-state index in [2.05, 4.69) is 15.5 Å². The van der Waals surface area contributed by atoms with Gasteiger partial charge in [-0.2, -0.15) is 13.2 Å². The largest absolute Gasteiger partial charge is 0.493 e. The highest BCUT2D eigenvalue weighted by Gasteiger charge is 2.29. The van der Waals surface area contributed by atoms with E-state index in [9.17, 15) is 18.0 Å². The van der Waals surface area contributed by atoms with Crippen LogP contribution in [0.15, 0.2) is 18.2 Å². The van der Waals surface area contributed by atoms with Crippen LogP contribution in [0.5, 0.6) is 11.5 Å². The van der Waals surface area contributed by atoms with Crippen LogP contribution < -0.4 is 20.1 Å². The second kappa shape index (κ2) is 10.4. The van der Waals surface area contributed by atoms with Gasteiger partial charge in [0.25, 0.3) is 0 Å². The zero-order chi connectivity index (χ0) is 19.7. The Morgan fingerprint density at radius 3 is 2.67 bits per heavy atom. The number of amides is 1. The molecule has 0 aliphatic carbocycles. The van der Waals surface area contributed by atoms with Crippen LogP contribution in [0.2, 0.25) is 0 Å². The first kappa shape index (κ1) is 21.3. The molecular weight excluding hydrogens is 363 g/mol. The molecule has 1 aliphatic rings. The summed E-state index contributed by atoms with van der Waals surface area (Å²) in [6.07, 6.45) is -3.64. The quantitative estimate of drug-likeness (QED) is 0.672. The lowest BCUT2D eigenvalue weighted by Crippen LogP contribution is -2.46. The van der Waals surface area contributed by atoms with Crippen molar-refractivity contribution in [3.63, 3.8) is 0 Å². The van der Waals surface area contributed by atoms with Gasteiger partial charge in [0.2, 0.25) is 5.91 Å². The number of nitrogens with zero attached hydrogens (tertiary/aromatic N) is 1. The standard InChI is InChI=1S/C18H26F3N3O3/c1-26-16-12-14(2-4-15(16)27-13-18(19,20)21)3-5-17(25)23-8-11-24-9-6-22-7-10-24/h2,4,12,22H,3,5-11,13H2,1H3,(H,23,25). The Bertz CT molecular complexity index is 605. The number of carbonyl (C=O) groups is 1. The molecule has 1 aliphatic heterocycles. The normalized spacial score (nSPS) is 15.4. The van der Waals surface area contributed by atoms with E-state index in [1.165, 1.54) is 13.2 Å². The zero-order valence-electron chi connectivity index (χ0n) is 15.4. The highest BCUT2D eigenvalue weighted by molar-refractivity contribution is 5.76. The molecule has 0 spiro atoms. The molecule has 0 bridgehead atoms. The minimum Gasteiger partial charge on any atom is -0.493 e. The monoisotopic (exact) mass is 389 g/mol. The van der Waals surface area contributed by atoms with Crippen LogP contribution >= 0.6 is 0 Å². The van der Waals surface area contributed by atoms with Gasteiger partial charge in [0.05, 0.1) is 7.11 Å². The fourth-order valence-electron chi connectivity index (χ4n) is 2.78. The third-order valence-electron chi connectivity index (χ3n) is 4.22. The fourth-order valence-corrected chi connectivity index (χ4v) is 2.78. The fraction of sp³-hybridized carbons (Fsp3) is 0.611. The van der Waals surface area contributed by atoms with E-state index in [0.717, 1.165) is 38.3 Å². The molecule has 0 aromatic heterocycles. The smallest absolute Gasteiger partial charge is 0.422 e. The van der Waals surface area contributed by atoms with Crippen LogP contribution in [0.25, 0.3) is 0 Å². The maximum Gasteiger partial charge on any atom is 0.422 e. The number of alkyl halides is 3. The molecule has 152 valence electrons. The summed E-state index contributed by atoms with van der Waals surface area (Å²) in [5.41, 5.74) is 0.795. The van der Waals surface area contributed by atoms with Gasteiger partial charge in [0.1, 0.15) is 0 Å². The molecule has 6 nitrogen and oxygen atoms in total. The van der Waals surface area contributed by atoms with Crippen molar-refractivity contribution in [1.29, 1.82) is 0 Å². The number of hydrogen-bond acceptors (Lipinski definition) is 5. The first-order valence-corrected chi connectivity index (χ1v) is 8.93. The summed E-state index contributed by atoms with van der Waals surface area (Å²) < 4.78 is 46.6. The summed E-state index contributed by atoms with van der Waals surface area (Å²) in [5.74, 6) is 0.191. The van der Waals surface area contributed by atoms with Gasteiger partial charge in [-0.05, 0) is 24.1 Å². The zero-order valence-corrected chi connectivity index (χ0v) is 15.4. The first-order valence-electron chi connectivity index (χ1n) is 8.93. The number of hydrogen-bond donors (Lipinski definition) is 2. The van der Waals surface area contributed by atoms with Crippen LogP contribution in [0, 0.1) is 0 Å². The topological polar surface area (TPSA) is 62.8 Å². The lowest BCUT2D eigenvalue weighted by Gasteiger charge is -2.27. The molecular formula is C18H26F3N3O3. The Morgan fingerprint density at radius 1 is 1.26 bits per heavy atom. The highest BCUT2D eigenvalue weighted by Crippen LogP contribution is 2.30. The van der Waals surface area contributed by atoms with Crippen LogP contribution in [-0.2, 0) is 11.2 Å². The van der Waals surface area contributed by atoms with Crippen molar-refractivity contribution in [2.75, 3.05) is 53.0 Å². The van der Waals surface area contributed by atoms with Crippen molar-refractivity contribution in [2.45, 2.75) is 19.0 Å². The van der Waals surface area contributed by atoms with E-state index in [1.54, 1.807) is 12.1 Å². The van der Waals surface area contributed by atoms with Crippen molar-refractivity contribution in [1.82, 2.24) is 15.5 Å². The summed E-state index contributed by atoms with van der Waals surface area (Å²) in [4.78, 5) is 14.3. The molecule has 9 heteroatoms. The van der Waals surface area contributed by atoms with Crippen molar-refractivity contribution in [3.05, 3.63) is 23.8 Å². The maximum absolute atomic E-state index is 12.3. The summed E-state index contributed by atoms with van der Waals surface area (Å²) in [6, 6.07) is 4.67. The molecule has 1 fully saturated rings. The predicted octanol–water partition coefficient (Wildman–Crippen LogP) is 1.59. The van der Waals surface area contributed by atoms with Gasteiger partial charge in [-0.25, -0.2) is 0 Å². The Kier molecular flexibility index (Phi) is 8.18. The Balaban J connectivity index is 1.74. The van der Waals surface area contributed by atoms with E-state index in [4.69, 9.17) is 9.47 Å². The molecule has 0 saturated carbocycles. The molecule has 2 N–H and O–H groups in total. The number of halogens is 3. The number of benzene rings is 1. The number of ether oxygens (including phenoxy) is 2. The summed E-state index contributed by atoms with van der Waals surface area (Å²) in [7, 11) is 1.36. The van der Waals surface area contributed by atoms with E-state index in [-0.39, 0.29) is 17.4 Å².